The number of ether oxygens (including phenoxy) is 1. The van der Waals surface area contributed by atoms with Crippen molar-refractivity contribution in [1.29, 1.82) is 0 Å². The zero-order valence-corrected chi connectivity index (χ0v) is 13.7. The number of allylic oxidation sites excluding steroid dienone is 1. The zero-order chi connectivity index (χ0) is 15.9. The molecule has 4 heteroatoms. The number of hydrogen-bond donors (Lipinski definition) is 0. The highest BCUT2D eigenvalue weighted by atomic mass is 16.5. The Balaban J connectivity index is 1.42. The normalized spacial score (nSPS) is 21.0. The number of benzene rings is 1. The summed E-state index contributed by atoms with van der Waals surface area (Å²) in [6.07, 6.45) is 6.64. The molecule has 23 heavy (non-hydrogen) atoms. The zero-order valence-electron chi connectivity index (χ0n) is 13.7. The molecule has 0 atom stereocenters. The maximum atomic E-state index is 12.4. The topological polar surface area (TPSA) is 32.8 Å². The van der Waals surface area contributed by atoms with Crippen LogP contribution < -0.4 is 0 Å². The fraction of sp³-hybridized carbons (Fsp3) is 0.526. The summed E-state index contributed by atoms with van der Waals surface area (Å²) >= 11 is 0. The molecule has 1 aromatic carbocycles. The van der Waals surface area contributed by atoms with Crippen LogP contribution in [0, 0.1) is 5.92 Å². The molecule has 1 amide bonds. The number of likely N-dealkylation sites (tertiary alicyclic amines) is 1. The van der Waals surface area contributed by atoms with Gasteiger partial charge in [0.1, 0.15) is 0 Å². The van der Waals surface area contributed by atoms with Gasteiger partial charge in [-0.05, 0) is 24.3 Å². The SMILES string of the molecule is O=C(CN1CCOCC1)N1CCC(/C=C/c2ccccc2)CC1. The number of amides is 1. The van der Waals surface area contributed by atoms with Crippen LogP contribution in [0.15, 0.2) is 36.4 Å². The number of nitrogens with zero attached hydrogens (tertiary/aromatic N) is 2. The maximum Gasteiger partial charge on any atom is 0.236 e. The lowest BCUT2D eigenvalue weighted by atomic mass is 9.95. The maximum absolute atomic E-state index is 12.4. The van der Waals surface area contributed by atoms with Gasteiger partial charge in [0, 0.05) is 26.2 Å². The molecule has 0 saturated carbocycles. The van der Waals surface area contributed by atoms with Gasteiger partial charge >= 0.3 is 0 Å². The Morgan fingerprint density at radius 3 is 2.48 bits per heavy atom. The second-order valence-corrected chi connectivity index (χ2v) is 6.38. The Kier molecular flexibility index (Phi) is 5.83. The van der Waals surface area contributed by atoms with Crippen LogP contribution in [0.2, 0.25) is 0 Å². The number of rotatable bonds is 4. The van der Waals surface area contributed by atoms with Crippen LogP contribution in [0.1, 0.15) is 18.4 Å². The van der Waals surface area contributed by atoms with E-state index in [9.17, 15) is 4.79 Å². The lowest BCUT2D eigenvalue weighted by Gasteiger charge is -2.33. The molecule has 124 valence electrons. The van der Waals surface area contributed by atoms with Crippen molar-refractivity contribution in [2.45, 2.75) is 12.8 Å². The van der Waals surface area contributed by atoms with E-state index in [2.05, 4.69) is 41.3 Å². The first-order chi connectivity index (χ1) is 11.3. The van der Waals surface area contributed by atoms with Gasteiger partial charge in [-0.1, -0.05) is 42.5 Å². The summed E-state index contributed by atoms with van der Waals surface area (Å²) < 4.78 is 5.33. The highest BCUT2D eigenvalue weighted by Crippen LogP contribution is 2.20. The Labute approximate surface area is 138 Å². The molecule has 0 unspecified atom stereocenters. The Bertz CT molecular complexity index is 515. The highest BCUT2D eigenvalue weighted by molar-refractivity contribution is 5.78. The van der Waals surface area contributed by atoms with Crippen molar-refractivity contribution in [2.24, 2.45) is 5.92 Å². The number of carbonyl (C=O) groups is 1. The van der Waals surface area contributed by atoms with Gasteiger partial charge in [0.25, 0.3) is 0 Å². The fourth-order valence-corrected chi connectivity index (χ4v) is 3.20. The molecule has 0 aliphatic carbocycles. The molecule has 1 aromatic rings. The quantitative estimate of drug-likeness (QED) is 0.855. The van der Waals surface area contributed by atoms with Gasteiger partial charge in [-0.25, -0.2) is 0 Å². The van der Waals surface area contributed by atoms with Crippen molar-refractivity contribution < 1.29 is 9.53 Å². The second-order valence-electron chi connectivity index (χ2n) is 6.38. The first-order valence-electron chi connectivity index (χ1n) is 8.62. The van der Waals surface area contributed by atoms with E-state index in [4.69, 9.17) is 4.74 Å². The standard InChI is InChI=1S/C19H26N2O2/c22-19(16-20-12-14-23-15-13-20)21-10-8-18(9-11-21)7-6-17-4-2-1-3-5-17/h1-7,18H,8-16H2/b7-6+. The predicted molar refractivity (Wildman–Crippen MR) is 92.0 cm³/mol. The lowest BCUT2D eigenvalue weighted by Crippen LogP contribution is -2.46. The monoisotopic (exact) mass is 314 g/mol. The third kappa shape index (κ3) is 4.91. The summed E-state index contributed by atoms with van der Waals surface area (Å²) in [6.45, 7) is 5.57. The van der Waals surface area contributed by atoms with E-state index < -0.39 is 0 Å². The van der Waals surface area contributed by atoms with Crippen molar-refractivity contribution >= 4 is 12.0 Å². The smallest absolute Gasteiger partial charge is 0.236 e. The molecular weight excluding hydrogens is 288 g/mol. The van der Waals surface area contributed by atoms with Crippen molar-refractivity contribution in [2.75, 3.05) is 45.9 Å². The first-order valence-corrected chi connectivity index (χ1v) is 8.62. The van der Waals surface area contributed by atoms with Crippen molar-refractivity contribution in [3.63, 3.8) is 0 Å². The van der Waals surface area contributed by atoms with E-state index in [0.29, 0.717) is 12.5 Å². The first kappa shape index (κ1) is 16.2. The largest absolute Gasteiger partial charge is 0.379 e. The van der Waals surface area contributed by atoms with Crippen LogP contribution in [0.5, 0.6) is 0 Å². The Morgan fingerprint density at radius 2 is 1.78 bits per heavy atom. The van der Waals surface area contributed by atoms with Crippen molar-refractivity contribution in [3.8, 4) is 0 Å². The van der Waals surface area contributed by atoms with Gasteiger partial charge in [-0.15, -0.1) is 0 Å². The molecule has 2 aliphatic rings. The summed E-state index contributed by atoms with van der Waals surface area (Å²) in [5.41, 5.74) is 1.25. The van der Waals surface area contributed by atoms with Crippen LogP contribution in [0.4, 0.5) is 0 Å². The average Bonchev–Trinajstić information content (AvgIpc) is 2.62. The number of morpholine rings is 1. The summed E-state index contributed by atoms with van der Waals surface area (Å²) in [4.78, 5) is 16.6. The Morgan fingerprint density at radius 1 is 1.09 bits per heavy atom. The number of carbonyl (C=O) groups excluding carboxylic acids is 1. The fourth-order valence-electron chi connectivity index (χ4n) is 3.20. The molecule has 4 nitrogen and oxygen atoms in total. The average molecular weight is 314 g/mol. The third-order valence-electron chi connectivity index (χ3n) is 4.72. The molecule has 0 N–H and O–H groups in total. The molecular formula is C19H26N2O2. The molecule has 0 radical (unpaired) electrons. The van der Waals surface area contributed by atoms with E-state index in [1.165, 1.54) is 5.56 Å². The van der Waals surface area contributed by atoms with Gasteiger partial charge < -0.3 is 9.64 Å². The van der Waals surface area contributed by atoms with Crippen molar-refractivity contribution in [1.82, 2.24) is 9.80 Å². The number of piperidine rings is 1. The van der Waals surface area contributed by atoms with Crippen LogP contribution in [-0.2, 0) is 9.53 Å². The van der Waals surface area contributed by atoms with E-state index in [1.54, 1.807) is 0 Å². The van der Waals surface area contributed by atoms with E-state index >= 15 is 0 Å². The summed E-state index contributed by atoms with van der Waals surface area (Å²) in [5, 5.41) is 0. The molecule has 0 spiro atoms. The third-order valence-corrected chi connectivity index (χ3v) is 4.72. The minimum Gasteiger partial charge on any atom is -0.379 e. The minimum atomic E-state index is 0.275. The van der Waals surface area contributed by atoms with E-state index in [0.717, 1.165) is 52.2 Å². The minimum absolute atomic E-state index is 0.275. The molecule has 0 aromatic heterocycles. The molecule has 2 fully saturated rings. The number of hydrogen-bond acceptors (Lipinski definition) is 3. The van der Waals surface area contributed by atoms with E-state index in [-0.39, 0.29) is 5.91 Å². The molecule has 0 bridgehead atoms. The van der Waals surface area contributed by atoms with Gasteiger partial charge in [0.05, 0.1) is 19.8 Å². The van der Waals surface area contributed by atoms with Crippen LogP contribution >= 0.6 is 0 Å². The second kappa shape index (κ2) is 8.27. The van der Waals surface area contributed by atoms with Crippen molar-refractivity contribution in [3.05, 3.63) is 42.0 Å². The van der Waals surface area contributed by atoms with Gasteiger partial charge in [0.2, 0.25) is 5.91 Å². The van der Waals surface area contributed by atoms with Crippen LogP contribution in [0.25, 0.3) is 6.08 Å². The molecule has 2 aliphatic heterocycles. The van der Waals surface area contributed by atoms with Crippen LogP contribution in [0.3, 0.4) is 0 Å². The predicted octanol–water partition coefficient (Wildman–Crippen LogP) is 2.27. The molecule has 3 rings (SSSR count). The summed E-state index contributed by atoms with van der Waals surface area (Å²) in [5.74, 6) is 0.861. The summed E-state index contributed by atoms with van der Waals surface area (Å²) in [6, 6.07) is 10.4. The lowest BCUT2D eigenvalue weighted by molar-refractivity contribution is -0.134. The van der Waals surface area contributed by atoms with Gasteiger partial charge in [0.15, 0.2) is 0 Å². The molecule has 2 saturated heterocycles. The highest BCUT2D eigenvalue weighted by Gasteiger charge is 2.23. The summed E-state index contributed by atoms with van der Waals surface area (Å²) in [7, 11) is 0. The van der Waals surface area contributed by atoms with Gasteiger partial charge in [-0.3, -0.25) is 9.69 Å². The van der Waals surface area contributed by atoms with E-state index in [1.807, 2.05) is 11.0 Å². The van der Waals surface area contributed by atoms with Gasteiger partial charge in [-0.2, -0.15) is 0 Å². The molecule has 2 heterocycles. The Hall–Kier alpha value is -1.65. The van der Waals surface area contributed by atoms with Crippen LogP contribution in [-0.4, -0.2) is 61.6 Å².